The second kappa shape index (κ2) is 27.1. The topological polar surface area (TPSA) is 308 Å². The number of nitrogens with one attached hydrogen (secondary N) is 6. The van der Waals surface area contributed by atoms with Crippen molar-refractivity contribution in [1.29, 1.82) is 0 Å². The van der Waals surface area contributed by atoms with Crippen molar-refractivity contribution in [2.75, 3.05) is 50.8 Å². The molecule has 24 heteroatoms. The number of phenols is 2. The van der Waals surface area contributed by atoms with Crippen LogP contribution in [0.4, 0.5) is 8.78 Å². The molecule has 3 aliphatic heterocycles. The zero-order chi connectivity index (χ0) is 53.3. The van der Waals surface area contributed by atoms with Crippen molar-refractivity contribution in [3.8, 4) is 11.5 Å². The van der Waals surface area contributed by atoms with E-state index < -0.39 is 108 Å². The lowest BCUT2D eigenvalue weighted by molar-refractivity contribution is -0.143. The number of amides is 8. The molecule has 0 radical (unpaired) electrons. The van der Waals surface area contributed by atoms with Gasteiger partial charge in [-0.3, -0.25) is 38.4 Å². The van der Waals surface area contributed by atoms with Gasteiger partial charge in [0, 0.05) is 50.5 Å². The van der Waals surface area contributed by atoms with Gasteiger partial charge in [0.25, 0.3) is 0 Å². The SMILES string of the molecule is N[C@@H](Cc1ccc(O)cc1)C(=O)N[C@@H]1CSSC[C@@H](NC(=O)[C@@H](N)Cc2ccc(O)cc2)C(=O)NCC(=O)N[C@@H](Cc2ccc(F)cc2)C(=O)N2CCN(CC2)C(=O)[C@H](Cc2ccc(F)cc2)NC(=O)CNC1=O. The van der Waals surface area contributed by atoms with E-state index in [4.69, 9.17) is 11.5 Å². The molecule has 0 aromatic heterocycles. The van der Waals surface area contributed by atoms with Gasteiger partial charge in [-0.1, -0.05) is 70.1 Å². The molecule has 2 bridgehead atoms. The standard InChI is InChI=1S/C50H58F2N10O10S2/c51-33-9-1-31(2-10-33)23-39-49(71)61-17-19-62(20-18-61)50(72)40(24-32-3-11-34(52)12-4-32)58-44(66)26-56-48(70)42(60-46(68)38(54)22-30-7-15-36(64)16-8-30)28-74-73-27-41(47(69)55-25-43(65)57-39)59-45(67)37(53)21-29-5-13-35(63)14-6-29/h1-16,37-42,63-64H,17-28,53-54H2,(H,55,69)(H,56,70)(H,57,65)(H,58,66)(H,59,67)(H,60,68)/t37-,38-,39-,40-,41+,42+/m0/s1. The molecule has 4 aromatic carbocycles. The molecule has 0 saturated carbocycles. The van der Waals surface area contributed by atoms with Gasteiger partial charge in [0.1, 0.15) is 47.3 Å². The summed E-state index contributed by atoms with van der Waals surface area (Å²) >= 11 is 0. The van der Waals surface area contributed by atoms with Crippen molar-refractivity contribution >= 4 is 68.8 Å². The first kappa shape index (κ1) is 56.0. The fourth-order valence-electron chi connectivity index (χ4n) is 7.89. The van der Waals surface area contributed by atoms with E-state index in [1.165, 1.54) is 82.6 Å². The Hall–Kier alpha value is -7.28. The average molecular weight is 1060 g/mol. The molecule has 74 heavy (non-hydrogen) atoms. The zero-order valence-electron chi connectivity index (χ0n) is 40.0. The van der Waals surface area contributed by atoms with Gasteiger partial charge >= 0.3 is 0 Å². The zero-order valence-corrected chi connectivity index (χ0v) is 41.6. The summed E-state index contributed by atoms with van der Waals surface area (Å²) in [6, 6.07) is 15.2. The Morgan fingerprint density at radius 1 is 0.554 bits per heavy atom. The van der Waals surface area contributed by atoms with E-state index >= 15 is 0 Å². The number of nitrogens with zero attached hydrogens (tertiary/aromatic N) is 2. The van der Waals surface area contributed by atoms with Gasteiger partial charge in [-0.05, 0) is 83.6 Å². The maximum Gasteiger partial charge on any atom is 0.245 e. The van der Waals surface area contributed by atoms with E-state index in [2.05, 4.69) is 31.9 Å². The Kier molecular flexibility index (Phi) is 20.5. The van der Waals surface area contributed by atoms with Crippen LogP contribution < -0.4 is 43.4 Å². The van der Waals surface area contributed by atoms with Gasteiger partial charge in [0.2, 0.25) is 47.3 Å². The van der Waals surface area contributed by atoms with Gasteiger partial charge in [-0.15, -0.1) is 0 Å². The summed E-state index contributed by atoms with van der Waals surface area (Å²) in [4.78, 5) is 113. The Morgan fingerprint density at radius 3 is 1.22 bits per heavy atom. The van der Waals surface area contributed by atoms with Gasteiger partial charge in [0.05, 0.1) is 25.2 Å². The van der Waals surface area contributed by atoms with Crippen LogP contribution >= 0.6 is 21.6 Å². The highest BCUT2D eigenvalue weighted by molar-refractivity contribution is 8.76. The van der Waals surface area contributed by atoms with Crippen molar-refractivity contribution in [1.82, 2.24) is 41.7 Å². The molecule has 0 spiro atoms. The maximum absolute atomic E-state index is 14.2. The lowest BCUT2D eigenvalue weighted by Crippen LogP contribution is -2.60. The summed E-state index contributed by atoms with van der Waals surface area (Å²) in [5, 5.41) is 35.0. The summed E-state index contributed by atoms with van der Waals surface area (Å²) in [6.07, 6.45) is -0.0924. The molecule has 6 atom stereocenters. The Labute approximate surface area is 432 Å². The predicted molar refractivity (Wildman–Crippen MR) is 272 cm³/mol. The smallest absolute Gasteiger partial charge is 0.245 e. The van der Waals surface area contributed by atoms with Gasteiger partial charge < -0.3 is 63.4 Å². The number of nitrogens with two attached hydrogens (primary N) is 2. The number of carbonyl (C=O) groups excluding carboxylic acids is 8. The van der Waals surface area contributed by atoms with E-state index in [9.17, 15) is 57.4 Å². The van der Waals surface area contributed by atoms with Crippen LogP contribution in [0.25, 0.3) is 0 Å². The molecule has 3 fully saturated rings. The third kappa shape index (κ3) is 17.2. The van der Waals surface area contributed by atoms with Crippen molar-refractivity contribution in [3.63, 3.8) is 0 Å². The van der Waals surface area contributed by atoms with Crippen LogP contribution in [0.3, 0.4) is 0 Å². The monoisotopic (exact) mass is 1060 g/mol. The second-order valence-electron chi connectivity index (χ2n) is 17.6. The fourth-order valence-corrected chi connectivity index (χ4v) is 10.2. The minimum atomic E-state index is -1.34. The molecular weight excluding hydrogens is 1000 g/mol. The van der Waals surface area contributed by atoms with Crippen LogP contribution in [0, 0.1) is 11.6 Å². The quantitative estimate of drug-likeness (QED) is 0.0804. The van der Waals surface area contributed by atoms with E-state index in [0.29, 0.717) is 22.3 Å². The molecule has 20 nitrogen and oxygen atoms in total. The number of phenolic OH excluding ortho intramolecular Hbond substituents is 2. The fraction of sp³-hybridized carbons (Fsp3) is 0.360. The van der Waals surface area contributed by atoms with Crippen molar-refractivity contribution in [2.24, 2.45) is 11.5 Å². The minimum absolute atomic E-state index is 0.00200. The maximum atomic E-state index is 14.2. The Bertz CT molecular complexity index is 2430. The summed E-state index contributed by atoms with van der Waals surface area (Å²) in [6.45, 7) is -1.30. The van der Waals surface area contributed by atoms with E-state index in [0.717, 1.165) is 21.6 Å². The lowest BCUT2D eigenvalue weighted by Gasteiger charge is -2.38. The molecule has 3 aliphatic rings. The number of piperazine rings is 1. The number of rotatable bonds is 12. The Morgan fingerprint density at radius 2 is 0.878 bits per heavy atom. The molecule has 8 amide bonds. The third-order valence-corrected chi connectivity index (χ3v) is 14.4. The average Bonchev–Trinajstić information content (AvgIpc) is 3.39. The van der Waals surface area contributed by atoms with Gasteiger partial charge in [0.15, 0.2) is 0 Å². The van der Waals surface area contributed by atoms with Crippen LogP contribution in [-0.4, -0.2) is 154 Å². The number of fused-ring (bicyclic) bond motifs is 21. The van der Waals surface area contributed by atoms with Crippen LogP contribution in [0.15, 0.2) is 97.1 Å². The van der Waals surface area contributed by atoms with Crippen molar-refractivity contribution in [3.05, 3.63) is 131 Å². The van der Waals surface area contributed by atoms with Crippen molar-refractivity contribution in [2.45, 2.75) is 61.9 Å². The van der Waals surface area contributed by atoms with Crippen LogP contribution in [0.1, 0.15) is 22.3 Å². The number of halogens is 2. The number of benzene rings is 4. The molecule has 3 heterocycles. The molecule has 0 unspecified atom stereocenters. The number of aromatic hydroxyl groups is 2. The molecule has 394 valence electrons. The highest BCUT2D eigenvalue weighted by Gasteiger charge is 2.34. The first-order valence-electron chi connectivity index (χ1n) is 23.5. The first-order chi connectivity index (χ1) is 35.4. The summed E-state index contributed by atoms with van der Waals surface area (Å²) in [7, 11) is 2.01. The summed E-state index contributed by atoms with van der Waals surface area (Å²) < 4.78 is 27.8. The molecule has 12 N–H and O–H groups in total. The lowest BCUT2D eigenvalue weighted by atomic mass is 10.0. The normalized spacial score (nSPS) is 20.8. The largest absolute Gasteiger partial charge is 0.508 e. The predicted octanol–water partition coefficient (Wildman–Crippen LogP) is -0.461. The molecule has 4 aromatic rings. The molecular formula is C50H58F2N10O10S2. The van der Waals surface area contributed by atoms with Crippen LogP contribution in [0.2, 0.25) is 0 Å². The van der Waals surface area contributed by atoms with Crippen LogP contribution in [-0.2, 0) is 64.0 Å². The van der Waals surface area contributed by atoms with Crippen molar-refractivity contribution < 1.29 is 57.4 Å². The number of hydrogen-bond acceptors (Lipinski definition) is 14. The van der Waals surface area contributed by atoms with Crippen LogP contribution in [0.5, 0.6) is 11.5 Å². The molecule has 3 saturated heterocycles. The van der Waals surface area contributed by atoms with E-state index in [-0.39, 0.29) is 74.9 Å². The number of hydrogen-bond donors (Lipinski definition) is 10. The van der Waals surface area contributed by atoms with E-state index in [1.807, 2.05) is 0 Å². The Balaban J connectivity index is 1.25. The van der Waals surface area contributed by atoms with Gasteiger partial charge in [-0.2, -0.15) is 0 Å². The second-order valence-corrected chi connectivity index (χ2v) is 20.2. The minimum Gasteiger partial charge on any atom is -0.508 e. The molecule has 7 rings (SSSR count). The van der Waals surface area contributed by atoms with Gasteiger partial charge in [-0.25, -0.2) is 8.78 Å². The third-order valence-electron chi connectivity index (χ3n) is 12.0. The highest BCUT2D eigenvalue weighted by Crippen LogP contribution is 2.24. The molecule has 0 aliphatic carbocycles. The summed E-state index contributed by atoms with van der Waals surface area (Å²) in [5.41, 5.74) is 14.7. The van der Waals surface area contributed by atoms with E-state index in [1.54, 1.807) is 24.3 Å². The first-order valence-corrected chi connectivity index (χ1v) is 26.0. The highest BCUT2D eigenvalue weighted by atomic mass is 33.1. The number of carbonyl (C=O) groups is 8. The summed E-state index contributed by atoms with van der Waals surface area (Å²) in [5.74, 6) is -7.13.